The number of Topliss-reactive ketones (excluding diaryl/α,β-unsaturated/α-hetero) is 1. The summed E-state index contributed by atoms with van der Waals surface area (Å²) in [6.07, 6.45) is -4.35. The van der Waals surface area contributed by atoms with Crippen LogP contribution in [0.3, 0.4) is 0 Å². The van der Waals surface area contributed by atoms with E-state index < -0.39 is 28.8 Å². The molecule has 0 spiro atoms. The zero-order valence-corrected chi connectivity index (χ0v) is 10.6. The Labute approximate surface area is 108 Å². The Morgan fingerprint density at radius 3 is 2.26 bits per heavy atom. The van der Waals surface area contributed by atoms with Crippen molar-refractivity contribution in [1.82, 2.24) is 0 Å². The van der Waals surface area contributed by atoms with E-state index in [9.17, 15) is 22.4 Å². The van der Waals surface area contributed by atoms with Gasteiger partial charge in [0.05, 0.1) is 5.56 Å². The molecule has 0 aliphatic heterocycles. The molecule has 0 heterocycles. The third-order valence-corrected chi connectivity index (χ3v) is 3.32. The van der Waals surface area contributed by atoms with Crippen molar-refractivity contribution in [1.29, 1.82) is 0 Å². The van der Waals surface area contributed by atoms with Crippen molar-refractivity contribution in [3.63, 3.8) is 0 Å². The lowest BCUT2D eigenvalue weighted by molar-refractivity contribution is -0.140. The van der Waals surface area contributed by atoms with Crippen molar-refractivity contribution in [2.75, 3.05) is 6.54 Å². The van der Waals surface area contributed by atoms with Crippen LogP contribution in [-0.4, -0.2) is 12.3 Å². The summed E-state index contributed by atoms with van der Waals surface area (Å²) in [5, 5.41) is 0. The largest absolute Gasteiger partial charge is 0.419 e. The molecule has 0 saturated heterocycles. The van der Waals surface area contributed by atoms with Crippen molar-refractivity contribution < 1.29 is 22.4 Å². The Morgan fingerprint density at radius 1 is 1.32 bits per heavy atom. The van der Waals surface area contributed by atoms with Gasteiger partial charge in [0, 0.05) is 17.5 Å². The van der Waals surface area contributed by atoms with E-state index >= 15 is 0 Å². The van der Waals surface area contributed by atoms with E-state index in [4.69, 9.17) is 5.73 Å². The minimum atomic E-state index is -4.77. The van der Waals surface area contributed by atoms with E-state index in [1.807, 2.05) is 0 Å². The molecule has 1 atom stereocenters. The molecule has 6 heteroatoms. The molecular formula is C13H15F4NO. The van der Waals surface area contributed by atoms with E-state index in [2.05, 4.69) is 0 Å². The smallest absolute Gasteiger partial charge is 0.329 e. The van der Waals surface area contributed by atoms with E-state index in [1.165, 1.54) is 0 Å². The average molecular weight is 277 g/mol. The molecule has 0 saturated carbocycles. The topological polar surface area (TPSA) is 43.1 Å². The predicted octanol–water partition coefficient (Wildman–Crippen LogP) is 3.40. The summed E-state index contributed by atoms with van der Waals surface area (Å²) >= 11 is 0. The predicted molar refractivity (Wildman–Crippen MR) is 63.2 cm³/mol. The van der Waals surface area contributed by atoms with Gasteiger partial charge in [-0.3, -0.25) is 4.79 Å². The maximum Gasteiger partial charge on any atom is 0.419 e. The second-order valence-corrected chi connectivity index (χ2v) is 4.64. The van der Waals surface area contributed by atoms with Gasteiger partial charge in [-0.05, 0) is 18.6 Å². The van der Waals surface area contributed by atoms with Crippen LogP contribution in [0.25, 0.3) is 0 Å². The number of carbonyl (C=O) groups excluding carboxylic acids is 1. The highest BCUT2D eigenvalue weighted by Gasteiger charge is 2.36. The molecule has 0 aliphatic rings. The number of halogens is 4. The monoisotopic (exact) mass is 277 g/mol. The summed E-state index contributed by atoms with van der Waals surface area (Å²) in [4.78, 5) is 12.1. The Balaban J connectivity index is 3.19. The van der Waals surface area contributed by atoms with E-state index in [1.54, 1.807) is 13.8 Å². The number of alkyl halides is 3. The lowest BCUT2D eigenvalue weighted by Crippen LogP contribution is -2.35. The molecule has 0 radical (unpaired) electrons. The number of ketones is 1. The first-order valence-electron chi connectivity index (χ1n) is 5.77. The van der Waals surface area contributed by atoms with Crippen molar-refractivity contribution in [2.45, 2.75) is 26.4 Å². The van der Waals surface area contributed by atoms with Crippen LogP contribution in [0.4, 0.5) is 17.6 Å². The van der Waals surface area contributed by atoms with Gasteiger partial charge in [-0.15, -0.1) is 0 Å². The Bertz CT molecular complexity index is 478. The van der Waals surface area contributed by atoms with E-state index in [0.29, 0.717) is 18.6 Å². The maximum atomic E-state index is 13.4. The first-order chi connectivity index (χ1) is 8.65. The third-order valence-electron chi connectivity index (χ3n) is 3.32. The molecule has 0 aliphatic carbocycles. The maximum absolute atomic E-state index is 13.4. The third kappa shape index (κ3) is 3.12. The van der Waals surface area contributed by atoms with Crippen molar-refractivity contribution in [3.8, 4) is 0 Å². The molecule has 0 fully saturated rings. The van der Waals surface area contributed by atoms with Gasteiger partial charge in [0.2, 0.25) is 0 Å². The molecule has 1 unspecified atom stereocenters. The first kappa shape index (κ1) is 15.6. The Kier molecular flexibility index (Phi) is 4.35. The van der Waals surface area contributed by atoms with Crippen LogP contribution < -0.4 is 5.73 Å². The van der Waals surface area contributed by atoms with Crippen LogP contribution in [0.15, 0.2) is 18.2 Å². The van der Waals surface area contributed by atoms with Gasteiger partial charge in [0.25, 0.3) is 0 Å². The molecule has 1 rings (SSSR count). The van der Waals surface area contributed by atoms with Crippen LogP contribution in [0, 0.1) is 11.2 Å². The van der Waals surface area contributed by atoms with Gasteiger partial charge in [0.1, 0.15) is 5.82 Å². The summed E-state index contributed by atoms with van der Waals surface area (Å²) < 4.78 is 50.6. The van der Waals surface area contributed by atoms with Crippen LogP contribution in [0.2, 0.25) is 0 Å². The SMILES string of the molecule is CCC(C)(CN)C(=O)c1ccc(C(F)(F)F)c(F)c1. The second kappa shape index (κ2) is 5.28. The molecule has 19 heavy (non-hydrogen) atoms. The van der Waals surface area contributed by atoms with Crippen LogP contribution >= 0.6 is 0 Å². The molecule has 0 aromatic heterocycles. The van der Waals surface area contributed by atoms with Gasteiger partial charge >= 0.3 is 6.18 Å². The van der Waals surface area contributed by atoms with Crippen molar-refractivity contribution >= 4 is 5.78 Å². The highest BCUT2D eigenvalue weighted by molar-refractivity contribution is 6.00. The molecular weight excluding hydrogens is 262 g/mol. The number of hydrogen-bond acceptors (Lipinski definition) is 2. The molecule has 2 N–H and O–H groups in total. The summed E-state index contributed by atoms with van der Waals surface area (Å²) in [6, 6.07) is 2.18. The zero-order valence-electron chi connectivity index (χ0n) is 10.6. The fourth-order valence-electron chi connectivity index (χ4n) is 1.63. The number of benzene rings is 1. The zero-order chi connectivity index (χ0) is 14.8. The van der Waals surface area contributed by atoms with Gasteiger partial charge in [-0.2, -0.15) is 13.2 Å². The number of carbonyl (C=O) groups is 1. The fraction of sp³-hybridized carbons (Fsp3) is 0.462. The quantitative estimate of drug-likeness (QED) is 0.677. The van der Waals surface area contributed by atoms with Crippen molar-refractivity contribution in [2.24, 2.45) is 11.1 Å². The first-order valence-corrected chi connectivity index (χ1v) is 5.77. The lowest BCUT2D eigenvalue weighted by Gasteiger charge is -2.24. The number of hydrogen-bond donors (Lipinski definition) is 1. The van der Waals surface area contributed by atoms with Crippen LogP contribution in [0.1, 0.15) is 36.2 Å². The standard InChI is InChI=1S/C13H15F4NO/c1-3-12(2,7-18)11(19)8-4-5-9(10(14)6-8)13(15,16)17/h4-6H,3,7,18H2,1-2H3. The summed E-state index contributed by atoms with van der Waals surface area (Å²) in [6.45, 7) is 3.39. The van der Waals surface area contributed by atoms with E-state index in [0.717, 1.165) is 6.07 Å². The molecule has 1 aromatic rings. The fourth-order valence-corrected chi connectivity index (χ4v) is 1.63. The lowest BCUT2D eigenvalue weighted by atomic mass is 9.80. The number of nitrogens with two attached hydrogens (primary N) is 1. The minimum Gasteiger partial charge on any atom is -0.329 e. The van der Waals surface area contributed by atoms with Gasteiger partial charge < -0.3 is 5.73 Å². The molecule has 0 bridgehead atoms. The highest BCUT2D eigenvalue weighted by Crippen LogP contribution is 2.33. The van der Waals surface area contributed by atoms with Crippen LogP contribution in [0.5, 0.6) is 0 Å². The van der Waals surface area contributed by atoms with Gasteiger partial charge in [-0.25, -0.2) is 4.39 Å². The van der Waals surface area contributed by atoms with Gasteiger partial charge in [-0.1, -0.05) is 19.9 Å². The number of rotatable bonds is 4. The second-order valence-electron chi connectivity index (χ2n) is 4.64. The molecule has 1 aromatic carbocycles. The summed E-state index contributed by atoms with van der Waals surface area (Å²) in [5.41, 5.74) is 3.13. The highest BCUT2D eigenvalue weighted by atomic mass is 19.4. The Morgan fingerprint density at radius 2 is 1.89 bits per heavy atom. The average Bonchev–Trinajstić information content (AvgIpc) is 2.35. The molecule has 2 nitrogen and oxygen atoms in total. The molecule has 106 valence electrons. The van der Waals surface area contributed by atoms with Crippen molar-refractivity contribution in [3.05, 3.63) is 35.1 Å². The minimum absolute atomic E-state index is 0.0466. The summed E-state index contributed by atoms with van der Waals surface area (Å²) in [5.74, 6) is -1.90. The van der Waals surface area contributed by atoms with Gasteiger partial charge in [0.15, 0.2) is 5.78 Å². The normalized spacial score (nSPS) is 15.1. The van der Waals surface area contributed by atoms with Crippen LogP contribution in [-0.2, 0) is 6.18 Å². The molecule has 0 amide bonds. The summed E-state index contributed by atoms with van der Waals surface area (Å²) in [7, 11) is 0. The Hall–Kier alpha value is -1.43. The van der Waals surface area contributed by atoms with E-state index in [-0.39, 0.29) is 12.1 Å².